The molecular weight excluding hydrogens is 372 g/mol. The number of fused-ring (bicyclic) bond motifs is 1. The topological polar surface area (TPSA) is 63.6 Å². The lowest BCUT2D eigenvalue weighted by atomic mass is 10.2. The molecule has 0 saturated heterocycles. The van der Waals surface area contributed by atoms with Crippen molar-refractivity contribution < 1.29 is 35.8 Å². The van der Waals surface area contributed by atoms with E-state index >= 15 is 0 Å². The minimum absolute atomic E-state index is 0.166. The van der Waals surface area contributed by atoms with E-state index in [9.17, 15) is 31.1 Å². The summed E-state index contributed by atoms with van der Waals surface area (Å²) in [7, 11) is -3.87. The summed E-state index contributed by atoms with van der Waals surface area (Å²) in [6, 6.07) is 0. The van der Waals surface area contributed by atoms with Crippen LogP contribution in [0.25, 0.3) is 0 Å². The molecule has 0 radical (unpaired) electrons. The Balaban J connectivity index is 2.36. The molecule has 0 spiro atoms. The number of thiophene rings is 1. The average molecular weight is 383 g/mol. The van der Waals surface area contributed by atoms with Gasteiger partial charge in [-0.15, -0.1) is 0 Å². The summed E-state index contributed by atoms with van der Waals surface area (Å²) in [4.78, 5) is 0. The Morgan fingerprint density at radius 2 is 2.09 bits per heavy atom. The molecule has 0 unspecified atom stereocenters. The van der Waals surface area contributed by atoms with Crippen molar-refractivity contribution in [3.8, 4) is 5.06 Å². The van der Waals surface area contributed by atoms with Crippen molar-refractivity contribution in [2.24, 2.45) is 0 Å². The van der Waals surface area contributed by atoms with Crippen LogP contribution in [-0.4, -0.2) is 37.7 Å². The molecule has 4 nitrogen and oxygen atoms in total. The number of rotatable bonds is 5. The van der Waals surface area contributed by atoms with Gasteiger partial charge in [0.1, 0.15) is 10.3 Å². The Morgan fingerprint density at radius 1 is 1.50 bits per heavy atom. The Hall–Kier alpha value is -0.580. The number of ether oxygens (including phenoxy) is 1. The van der Waals surface area contributed by atoms with Gasteiger partial charge in [-0.3, -0.25) is 0 Å². The molecule has 1 aliphatic rings. The van der Waals surface area contributed by atoms with E-state index in [1.807, 2.05) is 0 Å². The maximum absolute atomic E-state index is 13.6. The molecule has 11 heteroatoms. The number of alkyl halides is 5. The monoisotopic (exact) mass is 382 g/mol. The SMILES string of the molecule is CS(=O)(=O)c1sc(OCCC(F)(F)Cl)c2c1[C@H](O)C(F)(F)C2. The predicted molar refractivity (Wildman–Crippen MR) is 72.0 cm³/mol. The number of hydrogen-bond acceptors (Lipinski definition) is 5. The van der Waals surface area contributed by atoms with E-state index in [0.717, 1.165) is 6.26 Å². The summed E-state index contributed by atoms with van der Waals surface area (Å²) in [6.45, 7) is -0.575. The molecule has 0 saturated carbocycles. The quantitative estimate of drug-likeness (QED) is 0.628. The van der Waals surface area contributed by atoms with E-state index in [0.29, 0.717) is 11.3 Å². The van der Waals surface area contributed by atoms with E-state index in [1.54, 1.807) is 0 Å². The number of sulfone groups is 1. The molecule has 1 aliphatic carbocycles. The third-order valence-electron chi connectivity index (χ3n) is 3.02. The van der Waals surface area contributed by atoms with Gasteiger partial charge in [0, 0.05) is 23.8 Å². The smallest absolute Gasteiger partial charge is 0.324 e. The van der Waals surface area contributed by atoms with Gasteiger partial charge in [0.05, 0.1) is 13.0 Å². The first kappa shape index (κ1) is 17.8. The molecule has 1 heterocycles. The molecule has 1 aromatic heterocycles. The van der Waals surface area contributed by atoms with E-state index in [-0.39, 0.29) is 10.6 Å². The van der Waals surface area contributed by atoms with Crippen LogP contribution in [-0.2, 0) is 16.3 Å². The summed E-state index contributed by atoms with van der Waals surface area (Å²) >= 11 is 5.23. The Morgan fingerprint density at radius 3 is 2.59 bits per heavy atom. The molecule has 22 heavy (non-hydrogen) atoms. The standard InChI is InChI=1S/C11H11ClF4O4S2/c1-22(18,19)9-6-5(4-10(13,14)7(6)17)8(21-9)20-3-2-11(12,15)16/h7,17H,2-4H2,1H3/t7-/m0/s1. The third kappa shape index (κ3) is 3.50. The fourth-order valence-electron chi connectivity index (χ4n) is 2.07. The first-order valence-electron chi connectivity index (χ1n) is 5.94. The van der Waals surface area contributed by atoms with Crippen LogP contribution in [0.1, 0.15) is 23.7 Å². The van der Waals surface area contributed by atoms with Gasteiger partial charge in [-0.1, -0.05) is 11.3 Å². The average Bonchev–Trinajstić information content (AvgIpc) is 2.74. The van der Waals surface area contributed by atoms with Crippen LogP contribution >= 0.6 is 22.9 Å². The molecule has 1 atom stereocenters. The summed E-state index contributed by atoms with van der Waals surface area (Å²) in [5.41, 5.74) is -0.578. The van der Waals surface area contributed by atoms with Gasteiger partial charge in [0.15, 0.2) is 14.9 Å². The zero-order chi connectivity index (χ0) is 16.9. The number of aliphatic hydroxyl groups excluding tert-OH is 1. The van der Waals surface area contributed by atoms with Crippen molar-refractivity contribution in [1.29, 1.82) is 0 Å². The largest absolute Gasteiger partial charge is 0.483 e. The number of aliphatic hydroxyl groups is 1. The van der Waals surface area contributed by atoms with Crippen LogP contribution in [0.2, 0.25) is 0 Å². The molecular formula is C11H11ClF4O4S2. The minimum Gasteiger partial charge on any atom is -0.483 e. The van der Waals surface area contributed by atoms with Crippen molar-refractivity contribution in [1.82, 2.24) is 0 Å². The Bertz CT molecular complexity index is 681. The van der Waals surface area contributed by atoms with Gasteiger partial charge in [-0.25, -0.2) is 17.2 Å². The van der Waals surface area contributed by atoms with Crippen molar-refractivity contribution in [2.45, 2.75) is 34.5 Å². The highest BCUT2D eigenvalue weighted by atomic mass is 35.5. The second-order valence-corrected chi connectivity index (χ2v) is 8.64. The van der Waals surface area contributed by atoms with Crippen LogP contribution in [0, 0.1) is 0 Å². The van der Waals surface area contributed by atoms with Gasteiger partial charge in [0.25, 0.3) is 5.92 Å². The summed E-state index contributed by atoms with van der Waals surface area (Å²) in [5.74, 6) is -3.54. The number of halogens is 5. The maximum atomic E-state index is 13.6. The van der Waals surface area contributed by atoms with Gasteiger partial charge < -0.3 is 9.84 Å². The van der Waals surface area contributed by atoms with E-state index in [4.69, 9.17) is 16.3 Å². The lowest BCUT2D eigenvalue weighted by molar-refractivity contribution is -0.0976. The second kappa shape index (κ2) is 5.50. The van der Waals surface area contributed by atoms with Gasteiger partial charge >= 0.3 is 5.38 Å². The fourth-order valence-corrected chi connectivity index (χ4v) is 4.58. The minimum atomic E-state index is -3.87. The van der Waals surface area contributed by atoms with Crippen LogP contribution in [0.15, 0.2) is 4.21 Å². The first-order chi connectivity index (χ1) is 9.83. The lowest BCUT2D eigenvalue weighted by Crippen LogP contribution is -2.22. The Kier molecular flexibility index (Phi) is 4.44. The number of hydrogen-bond donors (Lipinski definition) is 1. The van der Waals surface area contributed by atoms with Crippen LogP contribution in [0.4, 0.5) is 17.6 Å². The summed E-state index contributed by atoms with van der Waals surface area (Å²) in [6.07, 6.45) is -3.24. The molecule has 1 N–H and O–H groups in total. The zero-order valence-corrected chi connectivity index (χ0v) is 13.5. The van der Waals surface area contributed by atoms with E-state index in [1.165, 1.54) is 0 Å². The summed E-state index contributed by atoms with van der Waals surface area (Å²) in [5, 5.41) is 5.89. The molecule has 0 aliphatic heterocycles. The normalized spacial score (nSPS) is 21.0. The van der Waals surface area contributed by atoms with Crippen LogP contribution in [0.3, 0.4) is 0 Å². The highest BCUT2D eigenvalue weighted by Gasteiger charge is 2.51. The molecule has 0 fully saturated rings. The zero-order valence-electron chi connectivity index (χ0n) is 11.1. The highest BCUT2D eigenvalue weighted by molar-refractivity contribution is 7.92. The predicted octanol–water partition coefficient (Wildman–Crippen LogP) is 2.98. The van der Waals surface area contributed by atoms with Gasteiger partial charge in [-0.05, 0) is 11.6 Å². The van der Waals surface area contributed by atoms with E-state index in [2.05, 4.69) is 0 Å². The highest BCUT2D eigenvalue weighted by Crippen LogP contribution is 2.53. The Labute approximate surface area is 132 Å². The van der Waals surface area contributed by atoms with Crippen molar-refractivity contribution in [3.05, 3.63) is 11.1 Å². The third-order valence-corrected chi connectivity index (χ3v) is 6.21. The molecule has 0 aromatic carbocycles. The van der Waals surface area contributed by atoms with Crippen LogP contribution < -0.4 is 4.74 Å². The second-order valence-electron chi connectivity index (χ2n) is 4.90. The maximum Gasteiger partial charge on any atom is 0.324 e. The summed E-state index contributed by atoms with van der Waals surface area (Å²) < 4.78 is 80.0. The molecule has 2 rings (SSSR count). The fraction of sp³-hybridized carbons (Fsp3) is 0.636. The molecule has 1 aromatic rings. The molecule has 0 amide bonds. The van der Waals surface area contributed by atoms with Crippen molar-refractivity contribution in [3.63, 3.8) is 0 Å². The van der Waals surface area contributed by atoms with Crippen LogP contribution in [0.5, 0.6) is 5.06 Å². The lowest BCUT2D eigenvalue weighted by Gasteiger charge is -2.14. The van der Waals surface area contributed by atoms with Gasteiger partial charge in [0.2, 0.25) is 0 Å². The molecule has 0 bridgehead atoms. The first-order valence-corrected chi connectivity index (χ1v) is 9.02. The van der Waals surface area contributed by atoms with Gasteiger partial charge in [-0.2, -0.15) is 8.78 Å². The van der Waals surface area contributed by atoms with E-state index < -0.39 is 56.5 Å². The van der Waals surface area contributed by atoms with Crippen molar-refractivity contribution >= 4 is 32.8 Å². The molecule has 126 valence electrons. The van der Waals surface area contributed by atoms with Crippen molar-refractivity contribution in [2.75, 3.05) is 12.9 Å².